The molecule has 0 amide bonds. The molecule has 3 aromatic carbocycles. The molecule has 0 saturated heterocycles. The number of furan rings is 1. The summed E-state index contributed by atoms with van der Waals surface area (Å²) in [6, 6.07) is 26.5. The van der Waals surface area contributed by atoms with Crippen molar-refractivity contribution in [1.82, 2.24) is 15.0 Å². The van der Waals surface area contributed by atoms with Gasteiger partial charge in [-0.1, -0.05) is 51.2 Å². The molecule has 0 spiro atoms. The van der Waals surface area contributed by atoms with E-state index in [4.69, 9.17) is 20.4 Å². The number of pyridine rings is 3. The van der Waals surface area contributed by atoms with Crippen LogP contribution in [-0.4, -0.2) is 28.2 Å². The second kappa shape index (κ2) is 17.3. The number of thiophene rings is 1. The Morgan fingerprint density at radius 2 is 1.68 bits per heavy atom. The molecule has 8 aromatic rings. The number of halogens is 1. The van der Waals surface area contributed by atoms with Crippen molar-refractivity contribution in [3.8, 4) is 22.5 Å². The number of benzene rings is 3. The van der Waals surface area contributed by atoms with Gasteiger partial charge < -0.3 is 9.40 Å². The van der Waals surface area contributed by atoms with Crippen molar-refractivity contribution in [3.05, 3.63) is 119 Å². The van der Waals surface area contributed by atoms with Crippen molar-refractivity contribution >= 4 is 71.2 Å². The Bertz CT molecular complexity index is 3140. The zero-order chi connectivity index (χ0) is 47.9. The van der Waals surface area contributed by atoms with E-state index in [9.17, 15) is 4.39 Å². The van der Waals surface area contributed by atoms with Crippen molar-refractivity contribution in [2.45, 2.75) is 103 Å². The smallest absolute Gasteiger partial charge is 0 e. The van der Waals surface area contributed by atoms with Gasteiger partial charge in [0.25, 0.3) is 0 Å². The topological polar surface area (TPSA) is 51.8 Å². The molecule has 0 bridgehead atoms. The second-order valence-electron chi connectivity index (χ2n) is 17.6. The normalized spacial score (nSPS) is 16.6. The molecule has 4 nitrogen and oxygen atoms in total. The number of nitrogens with zero attached hydrogens (tertiary/aromatic N) is 3. The van der Waals surface area contributed by atoms with E-state index in [0.717, 1.165) is 46.9 Å². The third-order valence-corrected chi connectivity index (χ3v) is 15.9. The number of aryl methyl sites for hydroxylation is 1. The molecule has 5 aromatic heterocycles. The maximum Gasteiger partial charge on any atom is 0 e. The number of hydrogen-bond donors (Lipinski definition) is 0. The van der Waals surface area contributed by atoms with Crippen LogP contribution in [0.4, 0.5) is 4.39 Å². The third-order valence-electron chi connectivity index (χ3n) is 10.6. The van der Waals surface area contributed by atoms with Crippen LogP contribution in [-0.2, 0) is 32.9 Å². The molecule has 8 heteroatoms. The summed E-state index contributed by atoms with van der Waals surface area (Å²) in [5.74, 6) is 5.06. The minimum absolute atomic E-state index is 0. The first-order valence-electron chi connectivity index (χ1n) is 24.0. The van der Waals surface area contributed by atoms with Crippen molar-refractivity contribution in [1.29, 1.82) is 0 Å². The summed E-state index contributed by atoms with van der Waals surface area (Å²) in [5, 5.41) is 2.93. The van der Waals surface area contributed by atoms with E-state index in [1.807, 2.05) is 39.1 Å². The second-order valence-corrected chi connectivity index (χ2v) is 29.2. The van der Waals surface area contributed by atoms with Crippen LogP contribution in [0.25, 0.3) is 64.8 Å². The van der Waals surface area contributed by atoms with Gasteiger partial charge in [-0.25, -0.2) is 4.98 Å². The summed E-state index contributed by atoms with van der Waals surface area (Å²) in [4.78, 5) is 13.4. The molecule has 0 unspecified atom stereocenters. The van der Waals surface area contributed by atoms with Crippen LogP contribution >= 0.6 is 11.3 Å². The monoisotopic (exact) mass is 1050 g/mol. The van der Waals surface area contributed by atoms with Crippen molar-refractivity contribution in [3.63, 3.8) is 0 Å². The van der Waals surface area contributed by atoms with Crippen LogP contribution in [0.1, 0.15) is 99.5 Å². The molecule has 1 aliphatic carbocycles. The minimum atomic E-state index is -2.44. The Kier molecular flexibility index (Phi) is 9.95. The number of rotatable bonds is 7. The summed E-state index contributed by atoms with van der Waals surface area (Å²) in [5.41, 5.74) is 3.49. The first-order chi connectivity index (χ1) is 30.7. The molecule has 0 atom stereocenters. The van der Waals surface area contributed by atoms with Gasteiger partial charge in [0, 0.05) is 51.4 Å². The predicted molar refractivity (Wildman–Crippen MR) is 246 cm³/mol. The quantitative estimate of drug-likeness (QED) is 0.118. The number of hydrogen-bond acceptors (Lipinski definition) is 5. The third kappa shape index (κ3) is 9.29. The zero-order valence-electron chi connectivity index (χ0n) is 42.8. The molecule has 307 valence electrons. The SMILES string of the molecule is [2H]C([2H])([2H])c1ccc2c(n1)oc1c(-c3cc(C([2H])([2H])C4CCCC4)c(C([2H])(C)C)cn3)[c-]cc(F)c12.[2H]C([2H])(c1cc(-c2[c-]cc3sc4ccccc4c3c2)nc[c]1[Ge]([CH3])([CH3])[CH3])C(C)(C)C.[Ir]. The molecule has 1 saturated carbocycles. The van der Waals surface area contributed by atoms with Crippen LogP contribution < -0.4 is 4.40 Å². The molecule has 59 heavy (non-hydrogen) atoms. The fourth-order valence-corrected chi connectivity index (χ4v) is 11.8. The fraction of sp³-hybridized carbons (Fsp3) is 0.353. The van der Waals surface area contributed by atoms with Gasteiger partial charge in [-0.15, -0.1) is 12.1 Å². The Morgan fingerprint density at radius 3 is 2.41 bits per heavy atom. The molecule has 1 fully saturated rings. The maximum atomic E-state index is 14.9. The van der Waals surface area contributed by atoms with Gasteiger partial charge in [0.15, 0.2) is 0 Å². The van der Waals surface area contributed by atoms with Crippen molar-refractivity contribution in [2.75, 3.05) is 0 Å². The summed E-state index contributed by atoms with van der Waals surface area (Å²) in [7, 11) is 0. The van der Waals surface area contributed by atoms with Crippen LogP contribution in [0.15, 0.2) is 83.5 Å². The van der Waals surface area contributed by atoms with Gasteiger partial charge >= 0.3 is 178 Å². The molecule has 1 radical (unpaired) electrons. The molecule has 9 rings (SSSR count). The van der Waals surface area contributed by atoms with E-state index in [0.29, 0.717) is 27.8 Å². The Labute approximate surface area is 380 Å². The van der Waals surface area contributed by atoms with Crippen LogP contribution in [0.5, 0.6) is 0 Å². The molecule has 5 heterocycles. The van der Waals surface area contributed by atoms with E-state index in [-0.39, 0.29) is 48.4 Å². The zero-order valence-corrected chi connectivity index (χ0v) is 40.1. The Morgan fingerprint density at radius 1 is 0.932 bits per heavy atom. The molecular formula is C51H54FGeIrN3OS-2. The largest absolute Gasteiger partial charge is 0 e. The summed E-state index contributed by atoms with van der Waals surface area (Å²) < 4.78 is 91.8. The molecule has 0 N–H and O–H groups in total. The summed E-state index contributed by atoms with van der Waals surface area (Å²) >= 11 is -0.543. The average molecular weight is 1050 g/mol. The maximum absolute atomic E-state index is 14.9. The standard InChI is InChI=1S/C26H26FN2O.C25H28GeNS.Ir/c1-15(2)21-14-28-23(13-18(21)12-17-6-4-5-7-17)19-10-11-22(27)24-20-9-8-16(3)29-26(20)30-25(19)24;1-25(2,3)15-18-14-22(27-16-21(18)26(4,5)6)17-11-12-24-20(13-17)19-9-7-8-10-23(19)28-24;/h8-9,11,13-15,17H,4-7,12H2,1-3H3;7-10,12-14,16H,15H2,1-6H3;/q2*-1;/i3D3,12D2,15D;15D2;. The van der Waals surface area contributed by atoms with E-state index < -0.39 is 50.0 Å². The van der Waals surface area contributed by atoms with E-state index >= 15 is 0 Å². The molecular weight excluding hydrogens is 986 g/mol. The van der Waals surface area contributed by atoms with Gasteiger partial charge in [0.2, 0.25) is 5.71 Å². The van der Waals surface area contributed by atoms with Gasteiger partial charge in [-0.2, -0.15) is 0 Å². The Hall–Kier alpha value is -3.75. The van der Waals surface area contributed by atoms with Gasteiger partial charge in [0.1, 0.15) is 0 Å². The first kappa shape index (κ1) is 33.9. The summed E-state index contributed by atoms with van der Waals surface area (Å²) in [6.45, 7) is 6.88. The predicted octanol–water partition coefficient (Wildman–Crippen LogP) is 14.2. The van der Waals surface area contributed by atoms with Gasteiger partial charge in [-0.3, -0.25) is 4.39 Å². The van der Waals surface area contributed by atoms with Crippen LogP contribution in [0.3, 0.4) is 0 Å². The number of fused-ring (bicyclic) bond motifs is 6. The number of aromatic nitrogens is 3. The first-order valence-corrected chi connectivity index (χ1v) is 28.1. The van der Waals surface area contributed by atoms with Crippen LogP contribution in [0, 0.1) is 36.1 Å². The van der Waals surface area contributed by atoms with E-state index in [1.165, 1.54) is 44.6 Å². The Balaban J connectivity index is 0.000000199. The van der Waals surface area contributed by atoms with E-state index in [1.54, 1.807) is 31.3 Å². The molecule has 0 aliphatic heterocycles. The minimum Gasteiger partial charge on any atom is 0 e. The van der Waals surface area contributed by atoms with Crippen molar-refractivity contribution in [2.24, 2.45) is 11.3 Å². The van der Waals surface area contributed by atoms with E-state index in [2.05, 4.69) is 69.7 Å². The fourth-order valence-electron chi connectivity index (χ4n) is 7.78. The summed E-state index contributed by atoms with van der Waals surface area (Å²) in [6.07, 6.45) is 3.82. The van der Waals surface area contributed by atoms with Gasteiger partial charge in [0.05, 0.1) is 5.58 Å². The van der Waals surface area contributed by atoms with Crippen molar-refractivity contribution < 1.29 is 39.9 Å². The average Bonchev–Trinajstić information content (AvgIpc) is 4.01. The van der Waals surface area contributed by atoms with Gasteiger partial charge in [-0.05, 0) is 59.4 Å². The molecule has 1 aliphatic rings. The van der Waals surface area contributed by atoms with Crippen LogP contribution in [0.2, 0.25) is 17.3 Å².